The lowest BCUT2D eigenvalue weighted by atomic mass is 10.1. The normalized spacial score (nSPS) is 12.1. The van der Waals surface area contributed by atoms with Crippen molar-refractivity contribution in [3.8, 4) is 0 Å². The van der Waals surface area contributed by atoms with Gasteiger partial charge in [-0.3, -0.25) is 9.98 Å². The van der Waals surface area contributed by atoms with Crippen molar-refractivity contribution in [1.82, 2.24) is 15.6 Å². The number of rotatable bonds is 8. The summed E-state index contributed by atoms with van der Waals surface area (Å²) in [5.41, 5.74) is 4.09. The van der Waals surface area contributed by atoms with Crippen LogP contribution in [0.2, 0.25) is 0 Å². The molecular weight excluding hydrogens is 369 g/mol. The molecule has 0 radical (unpaired) electrons. The van der Waals surface area contributed by atoms with Crippen LogP contribution in [-0.4, -0.2) is 37.3 Å². The first-order valence-electron chi connectivity index (χ1n) is 8.93. The smallest absolute Gasteiger partial charge is 0.367 e. The number of hydrogen-bond donors (Lipinski definition) is 2. The lowest BCUT2D eigenvalue weighted by molar-refractivity contribution is -0.176. The van der Waals surface area contributed by atoms with Gasteiger partial charge in [-0.05, 0) is 41.7 Å². The summed E-state index contributed by atoms with van der Waals surface area (Å²) < 4.78 is 40.9. The first-order valence-corrected chi connectivity index (χ1v) is 8.93. The van der Waals surface area contributed by atoms with Crippen molar-refractivity contribution in [3.05, 3.63) is 65.0 Å². The topological polar surface area (TPSA) is 58.5 Å². The third-order valence-electron chi connectivity index (χ3n) is 4.06. The number of aliphatic imine (C=N–C) groups is 1. The van der Waals surface area contributed by atoms with Gasteiger partial charge in [-0.15, -0.1) is 0 Å². The predicted octanol–water partition coefficient (Wildman–Crippen LogP) is 3.38. The van der Waals surface area contributed by atoms with Gasteiger partial charge in [0.1, 0.15) is 6.61 Å². The molecule has 0 saturated carbocycles. The summed E-state index contributed by atoms with van der Waals surface area (Å²) in [6.07, 6.45) is 0.192. The van der Waals surface area contributed by atoms with E-state index in [-0.39, 0.29) is 6.61 Å². The highest BCUT2D eigenvalue weighted by Crippen LogP contribution is 2.15. The number of nitrogens with zero attached hydrogens (tertiary/aromatic N) is 2. The SMILES string of the molecule is CN=C(NCCc1ccncc1C)NCc1ccc(COCC(F)(F)F)cc1. The third kappa shape index (κ3) is 7.96. The Bertz CT molecular complexity index is 761. The van der Waals surface area contributed by atoms with E-state index in [1.165, 1.54) is 5.56 Å². The lowest BCUT2D eigenvalue weighted by Gasteiger charge is -2.13. The van der Waals surface area contributed by atoms with Gasteiger partial charge in [0.05, 0.1) is 6.61 Å². The third-order valence-corrected chi connectivity index (χ3v) is 4.06. The summed E-state index contributed by atoms with van der Waals surface area (Å²) in [4.78, 5) is 8.28. The number of pyridine rings is 1. The molecule has 0 saturated heterocycles. The summed E-state index contributed by atoms with van der Waals surface area (Å²) in [5, 5.41) is 6.48. The number of ether oxygens (including phenoxy) is 1. The van der Waals surface area contributed by atoms with Gasteiger partial charge < -0.3 is 15.4 Å². The van der Waals surface area contributed by atoms with Gasteiger partial charge in [-0.2, -0.15) is 13.2 Å². The highest BCUT2D eigenvalue weighted by Gasteiger charge is 2.27. The Hall–Kier alpha value is -2.61. The summed E-state index contributed by atoms with van der Waals surface area (Å²) >= 11 is 0. The molecule has 0 aliphatic heterocycles. The van der Waals surface area contributed by atoms with Crippen LogP contribution >= 0.6 is 0 Å². The van der Waals surface area contributed by atoms with E-state index in [4.69, 9.17) is 0 Å². The molecule has 0 atom stereocenters. The van der Waals surface area contributed by atoms with E-state index in [9.17, 15) is 13.2 Å². The van der Waals surface area contributed by atoms with E-state index in [1.54, 1.807) is 25.4 Å². The average molecular weight is 394 g/mol. The molecule has 1 aromatic carbocycles. The number of aromatic nitrogens is 1. The molecule has 8 heteroatoms. The number of alkyl halides is 3. The van der Waals surface area contributed by atoms with E-state index in [2.05, 4.69) is 25.3 Å². The molecule has 0 amide bonds. The van der Waals surface area contributed by atoms with E-state index >= 15 is 0 Å². The van der Waals surface area contributed by atoms with E-state index < -0.39 is 12.8 Å². The fraction of sp³-hybridized carbons (Fsp3) is 0.400. The molecule has 1 heterocycles. The van der Waals surface area contributed by atoms with Crippen molar-refractivity contribution >= 4 is 5.96 Å². The Morgan fingerprint density at radius 2 is 1.82 bits per heavy atom. The molecule has 5 nitrogen and oxygen atoms in total. The molecule has 28 heavy (non-hydrogen) atoms. The van der Waals surface area contributed by atoms with Gasteiger partial charge in [-0.1, -0.05) is 24.3 Å². The molecular formula is C20H25F3N4O. The minimum atomic E-state index is -4.30. The maximum absolute atomic E-state index is 12.1. The van der Waals surface area contributed by atoms with Crippen LogP contribution in [0.5, 0.6) is 0 Å². The summed E-state index contributed by atoms with van der Waals surface area (Å²) in [7, 11) is 1.70. The molecule has 0 bridgehead atoms. The van der Waals surface area contributed by atoms with Crippen LogP contribution in [0.25, 0.3) is 0 Å². The summed E-state index contributed by atoms with van der Waals surface area (Å²) in [6.45, 7) is 2.02. The van der Waals surface area contributed by atoms with Crippen LogP contribution in [0.4, 0.5) is 13.2 Å². The Balaban J connectivity index is 1.73. The number of guanidine groups is 1. The molecule has 0 fully saturated rings. The van der Waals surface area contributed by atoms with Crippen molar-refractivity contribution in [2.45, 2.75) is 32.7 Å². The zero-order valence-corrected chi connectivity index (χ0v) is 16.0. The molecule has 2 N–H and O–H groups in total. The van der Waals surface area contributed by atoms with Crippen LogP contribution in [0.3, 0.4) is 0 Å². The Labute approximate surface area is 163 Å². The first-order chi connectivity index (χ1) is 13.4. The van der Waals surface area contributed by atoms with Gasteiger partial charge >= 0.3 is 6.18 Å². The maximum atomic E-state index is 12.1. The second kappa shape index (κ2) is 10.7. The lowest BCUT2D eigenvalue weighted by Crippen LogP contribution is -2.37. The zero-order chi connectivity index (χ0) is 20.4. The van der Waals surface area contributed by atoms with Crippen molar-refractivity contribution in [1.29, 1.82) is 0 Å². The summed E-state index contributed by atoms with van der Waals surface area (Å²) in [5.74, 6) is 0.685. The van der Waals surface area contributed by atoms with Crippen molar-refractivity contribution in [2.75, 3.05) is 20.2 Å². The van der Waals surface area contributed by atoms with Crippen molar-refractivity contribution < 1.29 is 17.9 Å². The van der Waals surface area contributed by atoms with Gasteiger partial charge in [0.2, 0.25) is 0 Å². The van der Waals surface area contributed by atoms with E-state index in [0.717, 1.165) is 24.1 Å². The average Bonchev–Trinajstić information content (AvgIpc) is 2.66. The van der Waals surface area contributed by atoms with E-state index in [0.29, 0.717) is 18.1 Å². The molecule has 2 rings (SSSR count). The number of nitrogens with one attached hydrogen (secondary N) is 2. The Morgan fingerprint density at radius 1 is 1.11 bits per heavy atom. The molecule has 1 aromatic heterocycles. The molecule has 152 valence electrons. The van der Waals surface area contributed by atoms with Crippen LogP contribution in [0.15, 0.2) is 47.7 Å². The maximum Gasteiger partial charge on any atom is 0.411 e. The monoisotopic (exact) mass is 394 g/mol. The molecule has 0 spiro atoms. The summed E-state index contributed by atoms with van der Waals surface area (Å²) in [6, 6.07) is 9.23. The second-order valence-corrected chi connectivity index (χ2v) is 6.33. The van der Waals surface area contributed by atoms with Crippen LogP contribution in [-0.2, 0) is 24.3 Å². The quantitative estimate of drug-likeness (QED) is 0.532. The minimum absolute atomic E-state index is 0.0646. The van der Waals surface area contributed by atoms with Gasteiger partial charge in [0.25, 0.3) is 0 Å². The largest absolute Gasteiger partial charge is 0.411 e. The Kier molecular flexibility index (Phi) is 8.25. The molecule has 0 unspecified atom stereocenters. The zero-order valence-electron chi connectivity index (χ0n) is 16.0. The van der Waals surface area contributed by atoms with Crippen LogP contribution in [0, 0.1) is 6.92 Å². The molecule has 0 aliphatic carbocycles. The highest BCUT2D eigenvalue weighted by molar-refractivity contribution is 5.79. The second-order valence-electron chi connectivity index (χ2n) is 6.33. The van der Waals surface area contributed by atoms with Gasteiger partial charge in [0, 0.05) is 32.5 Å². The molecule has 2 aromatic rings. The highest BCUT2D eigenvalue weighted by atomic mass is 19.4. The van der Waals surface area contributed by atoms with Crippen LogP contribution < -0.4 is 10.6 Å². The number of benzene rings is 1. The Morgan fingerprint density at radius 3 is 2.46 bits per heavy atom. The minimum Gasteiger partial charge on any atom is -0.367 e. The van der Waals surface area contributed by atoms with Crippen molar-refractivity contribution in [2.24, 2.45) is 4.99 Å². The number of aryl methyl sites for hydroxylation is 1. The number of halogens is 3. The van der Waals surface area contributed by atoms with Gasteiger partial charge in [0.15, 0.2) is 5.96 Å². The van der Waals surface area contributed by atoms with Gasteiger partial charge in [-0.25, -0.2) is 0 Å². The van der Waals surface area contributed by atoms with Crippen molar-refractivity contribution in [3.63, 3.8) is 0 Å². The number of hydrogen-bond acceptors (Lipinski definition) is 3. The standard InChI is InChI=1S/C20H25F3N4O/c1-15-11-25-9-7-18(15)8-10-26-19(24-2)27-12-16-3-5-17(6-4-16)13-28-14-20(21,22)23/h3-7,9,11H,8,10,12-14H2,1-2H3,(H2,24,26,27). The fourth-order valence-corrected chi connectivity index (χ4v) is 2.54. The van der Waals surface area contributed by atoms with Crippen LogP contribution in [0.1, 0.15) is 22.3 Å². The van der Waals surface area contributed by atoms with E-state index in [1.807, 2.05) is 31.3 Å². The predicted molar refractivity (Wildman–Crippen MR) is 103 cm³/mol. The first kappa shape index (κ1) is 21.7. The fourth-order valence-electron chi connectivity index (χ4n) is 2.54. The molecule has 0 aliphatic rings.